The highest BCUT2D eigenvalue weighted by atomic mass is 32.2. The SMILES string of the molecule is COc1ccc(C#CCSC(C)=O)nc1. The molecule has 0 aliphatic carbocycles. The van der Waals surface area contributed by atoms with Crippen LogP contribution < -0.4 is 4.74 Å². The van der Waals surface area contributed by atoms with Crippen LogP contribution in [-0.4, -0.2) is 23.0 Å². The van der Waals surface area contributed by atoms with E-state index in [4.69, 9.17) is 4.74 Å². The largest absolute Gasteiger partial charge is 0.495 e. The van der Waals surface area contributed by atoms with E-state index in [0.717, 1.165) is 0 Å². The van der Waals surface area contributed by atoms with E-state index in [0.29, 0.717) is 17.2 Å². The molecule has 4 heteroatoms. The van der Waals surface area contributed by atoms with Gasteiger partial charge in [-0.15, -0.1) is 0 Å². The zero-order chi connectivity index (χ0) is 11.1. The Morgan fingerprint density at radius 2 is 2.40 bits per heavy atom. The molecule has 1 rings (SSSR count). The number of thioether (sulfide) groups is 1. The van der Waals surface area contributed by atoms with Crippen LogP contribution in [0.25, 0.3) is 0 Å². The Labute approximate surface area is 93.2 Å². The van der Waals surface area contributed by atoms with Crippen LogP contribution in [0.15, 0.2) is 18.3 Å². The van der Waals surface area contributed by atoms with Crippen LogP contribution in [0.1, 0.15) is 12.6 Å². The van der Waals surface area contributed by atoms with E-state index in [9.17, 15) is 4.79 Å². The maximum Gasteiger partial charge on any atom is 0.186 e. The third-order valence-electron chi connectivity index (χ3n) is 1.54. The van der Waals surface area contributed by atoms with Gasteiger partial charge in [0.25, 0.3) is 0 Å². The average Bonchev–Trinajstić information content (AvgIpc) is 2.25. The zero-order valence-electron chi connectivity index (χ0n) is 8.61. The zero-order valence-corrected chi connectivity index (χ0v) is 9.43. The molecule has 0 saturated carbocycles. The molecule has 78 valence electrons. The van der Waals surface area contributed by atoms with Crippen molar-refractivity contribution in [3.8, 4) is 17.6 Å². The van der Waals surface area contributed by atoms with Gasteiger partial charge < -0.3 is 4.74 Å². The predicted octanol–water partition coefficient (Wildman–Crippen LogP) is 1.72. The first-order valence-corrected chi connectivity index (χ1v) is 5.33. The number of ether oxygens (including phenoxy) is 1. The van der Waals surface area contributed by atoms with Gasteiger partial charge in [0.2, 0.25) is 0 Å². The summed E-state index contributed by atoms with van der Waals surface area (Å²) in [5.74, 6) is 6.93. The second kappa shape index (κ2) is 6.10. The van der Waals surface area contributed by atoms with Crippen molar-refractivity contribution in [3.05, 3.63) is 24.0 Å². The molecule has 1 aromatic heterocycles. The number of hydrogen-bond acceptors (Lipinski definition) is 4. The molecule has 1 heterocycles. The maximum absolute atomic E-state index is 10.6. The van der Waals surface area contributed by atoms with Crippen LogP contribution in [0.4, 0.5) is 0 Å². The van der Waals surface area contributed by atoms with Crippen LogP contribution in [0.2, 0.25) is 0 Å². The van der Waals surface area contributed by atoms with E-state index in [1.807, 2.05) is 0 Å². The van der Waals surface area contributed by atoms with Crippen LogP contribution in [0, 0.1) is 11.8 Å². The first-order chi connectivity index (χ1) is 7.22. The van der Waals surface area contributed by atoms with Crippen molar-refractivity contribution in [2.24, 2.45) is 0 Å². The molecule has 0 aliphatic rings. The van der Waals surface area contributed by atoms with Crippen LogP contribution in [0.3, 0.4) is 0 Å². The van der Waals surface area contributed by atoms with Gasteiger partial charge in [0, 0.05) is 6.92 Å². The number of nitrogens with zero attached hydrogens (tertiary/aromatic N) is 1. The Hall–Kier alpha value is -1.47. The fraction of sp³-hybridized carbons (Fsp3) is 0.273. The van der Waals surface area contributed by atoms with Crippen molar-refractivity contribution in [1.82, 2.24) is 4.98 Å². The summed E-state index contributed by atoms with van der Waals surface area (Å²) in [4.78, 5) is 14.7. The highest BCUT2D eigenvalue weighted by Crippen LogP contribution is 2.07. The maximum atomic E-state index is 10.6. The Kier molecular flexibility index (Phi) is 4.72. The first kappa shape index (κ1) is 11.6. The van der Waals surface area contributed by atoms with Gasteiger partial charge in [0.1, 0.15) is 11.4 Å². The van der Waals surface area contributed by atoms with Crippen molar-refractivity contribution < 1.29 is 9.53 Å². The molecule has 15 heavy (non-hydrogen) atoms. The molecule has 0 bridgehead atoms. The lowest BCUT2D eigenvalue weighted by Crippen LogP contribution is -1.87. The third-order valence-corrected chi connectivity index (χ3v) is 2.23. The monoisotopic (exact) mass is 221 g/mol. The molecule has 0 N–H and O–H groups in total. The van der Waals surface area contributed by atoms with Gasteiger partial charge in [-0.05, 0) is 18.1 Å². The Balaban J connectivity index is 2.52. The smallest absolute Gasteiger partial charge is 0.186 e. The van der Waals surface area contributed by atoms with Gasteiger partial charge >= 0.3 is 0 Å². The summed E-state index contributed by atoms with van der Waals surface area (Å²) in [6.07, 6.45) is 1.61. The van der Waals surface area contributed by atoms with E-state index >= 15 is 0 Å². The number of pyridine rings is 1. The number of rotatable bonds is 2. The van der Waals surface area contributed by atoms with Gasteiger partial charge in [0.15, 0.2) is 5.12 Å². The summed E-state index contributed by atoms with van der Waals surface area (Å²) < 4.78 is 4.97. The lowest BCUT2D eigenvalue weighted by molar-refractivity contribution is -0.109. The summed E-state index contributed by atoms with van der Waals surface area (Å²) in [7, 11) is 1.59. The van der Waals surface area contributed by atoms with Gasteiger partial charge in [-0.25, -0.2) is 4.98 Å². The molecule has 0 spiro atoms. The van der Waals surface area contributed by atoms with Crippen molar-refractivity contribution >= 4 is 16.9 Å². The fourth-order valence-electron chi connectivity index (χ4n) is 0.839. The number of hydrogen-bond donors (Lipinski definition) is 0. The Morgan fingerprint density at radius 3 is 2.93 bits per heavy atom. The molecular weight excluding hydrogens is 210 g/mol. The van der Waals surface area contributed by atoms with Crippen molar-refractivity contribution in [2.75, 3.05) is 12.9 Å². The highest BCUT2D eigenvalue weighted by molar-refractivity contribution is 8.13. The second-order valence-corrected chi connectivity index (χ2v) is 3.82. The summed E-state index contributed by atoms with van der Waals surface area (Å²) in [6.45, 7) is 1.53. The van der Waals surface area contributed by atoms with Crippen LogP contribution in [0.5, 0.6) is 5.75 Å². The summed E-state index contributed by atoms with van der Waals surface area (Å²) in [6, 6.07) is 3.58. The molecule has 0 amide bonds. The molecule has 0 radical (unpaired) electrons. The van der Waals surface area contributed by atoms with Crippen molar-refractivity contribution in [3.63, 3.8) is 0 Å². The minimum atomic E-state index is 0.0759. The van der Waals surface area contributed by atoms with Crippen LogP contribution in [-0.2, 0) is 4.79 Å². The Morgan fingerprint density at radius 1 is 1.60 bits per heavy atom. The molecule has 0 fully saturated rings. The number of carbonyl (C=O) groups is 1. The second-order valence-electron chi connectivity index (χ2n) is 2.67. The van der Waals surface area contributed by atoms with Gasteiger partial charge in [0.05, 0.1) is 19.1 Å². The molecule has 1 aromatic rings. The summed E-state index contributed by atoms with van der Waals surface area (Å²) in [5, 5.41) is 0.0759. The molecule has 0 saturated heterocycles. The minimum absolute atomic E-state index is 0.0759. The molecule has 0 aliphatic heterocycles. The van der Waals surface area contributed by atoms with E-state index in [1.165, 1.54) is 18.7 Å². The molecule has 3 nitrogen and oxygen atoms in total. The lowest BCUT2D eigenvalue weighted by Gasteiger charge is -1.96. The summed E-state index contributed by atoms with van der Waals surface area (Å²) >= 11 is 1.19. The average molecular weight is 221 g/mol. The fourth-order valence-corrected chi connectivity index (χ4v) is 1.19. The quantitative estimate of drug-likeness (QED) is 0.713. The molecule has 0 aromatic carbocycles. The molecule has 0 atom stereocenters. The number of carbonyl (C=O) groups excluding carboxylic acids is 1. The van der Waals surface area contributed by atoms with Crippen LogP contribution >= 0.6 is 11.8 Å². The Bertz CT molecular complexity index is 389. The predicted molar refractivity (Wildman–Crippen MR) is 60.8 cm³/mol. The van der Waals surface area contributed by atoms with E-state index in [1.54, 1.807) is 25.4 Å². The van der Waals surface area contributed by atoms with Crippen molar-refractivity contribution in [1.29, 1.82) is 0 Å². The third kappa shape index (κ3) is 4.52. The lowest BCUT2D eigenvalue weighted by atomic mass is 10.3. The topological polar surface area (TPSA) is 39.2 Å². The van der Waals surface area contributed by atoms with Gasteiger partial charge in [-0.1, -0.05) is 17.7 Å². The molecular formula is C11H11NO2S. The normalized spacial score (nSPS) is 8.93. The molecule has 0 unspecified atom stereocenters. The number of aromatic nitrogens is 1. The standard InChI is InChI=1S/C11H11NO2S/c1-9(13)15-7-3-4-10-5-6-11(14-2)8-12-10/h5-6,8H,7H2,1-2H3. The minimum Gasteiger partial charge on any atom is -0.495 e. The van der Waals surface area contributed by atoms with E-state index in [-0.39, 0.29) is 5.12 Å². The summed E-state index contributed by atoms with van der Waals surface area (Å²) in [5.41, 5.74) is 0.681. The van der Waals surface area contributed by atoms with E-state index < -0.39 is 0 Å². The highest BCUT2D eigenvalue weighted by Gasteiger charge is 1.92. The van der Waals surface area contributed by atoms with Gasteiger partial charge in [-0.3, -0.25) is 4.79 Å². The van der Waals surface area contributed by atoms with Crippen molar-refractivity contribution in [2.45, 2.75) is 6.92 Å². The van der Waals surface area contributed by atoms with Gasteiger partial charge in [-0.2, -0.15) is 0 Å². The van der Waals surface area contributed by atoms with E-state index in [2.05, 4.69) is 16.8 Å². The first-order valence-electron chi connectivity index (χ1n) is 4.34. The number of methoxy groups -OCH3 is 1.